The fraction of sp³-hybridized carbons (Fsp3) is 0.154. The molecule has 0 saturated carbocycles. The van der Waals surface area contributed by atoms with Crippen LogP contribution in [-0.2, 0) is 10.0 Å². The number of hydrogen-bond donors (Lipinski definition) is 0. The molecule has 0 saturated heterocycles. The molecule has 0 amide bonds. The number of hydrogen-bond acceptors (Lipinski definition) is 5. The van der Waals surface area contributed by atoms with Crippen LogP contribution in [0.25, 0.3) is 11.6 Å². The van der Waals surface area contributed by atoms with Crippen LogP contribution in [0.4, 0.5) is 0 Å². The van der Waals surface area contributed by atoms with Crippen LogP contribution in [0.1, 0.15) is 35.3 Å². The summed E-state index contributed by atoms with van der Waals surface area (Å²) in [5.41, 5.74) is 2.23. The van der Waals surface area contributed by atoms with E-state index in [0.29, 0.717) is 30.0 Å². The minimum Gasteiger partial charge on any atom is -0.423 e. The number of carbonyl (C=O) groups excluding carboxylic acids is 1. The van der Waals surface area contributed by atoms with Gasteiger partial charge in [-0.1, -0.05) is 56.3 Å². The van der Waals surface area contributed by atoms with E-state index in [1.54, 1.807) is 38.1 Å². The first-order valence-corrected chi connectivity index (χ1v) is 11.9. The smallest absolute Gasteiger partial charge is 0.343 e. The Labute approximate surface area is 194 Å². The fourth-order valence-corrected chi connectivity index (χ4v) is 4.73. The second-order valence-corrected chi connectivity index (χ2v) is 9.05. The molecule has 0 radical (unpaired) electrons. The summed E-state index contributed by atoms with van der Waals surface area (Å²) < 4.78 is 32.0. The van der Waals surface area contributed by atoms with Crippen LogP contribution >= 0.6 is 0 Å². The third-order valence-corrected chi connectivity index (χ3v) is 7.08. The van der Waals surface area contributed by atoms with Crippen LogP contribution in [-0.4, -0.2) is 31.8 Å². The Morgan fingerprint density at radius 1 is 0.939 bits per heavy atom. The van der Waals surface area contributed by atoms with E-state index in [1.165, 1.54) is 28.6 Å². The van der Waals surface area contributed by atoms with Gasteiger partial charge in [-0.15, -0.1) is 0 Å². The highest BCUT2D eigenvalue weighted by Crippen LogP contribution is 2.22. The molecule has 0 bridgehead atoms. The van der Waals surface area contributed by atoms with Crippen molar-refractivity contribution in [3.8, 4) is 11.8 Å². The zero-order valence-electron chi connectivity index (χ0n) is 18.4. The van der Waals surface area contributed by atoms with E-state index in [0.717, 1.165) is 5.56 Å². The molecule has 0 aliphatic carbocycles. The summed E-state index contributed by atoms with van der Waals surface area (Å²) >= 11 is 0. The number of carbonyl (C=O) groups is 1. The molecule has 0 aliphatic rings. The van der Waals surface area contributed by atoms with Crippen molar-refractivity contribution in [2.75, 3.05) is 13.1 Å². The predicted octanol–water partition coefficient (Wildman–Crippen LogP) is 5.00. The van der Waals surface area contributed by atoms with Gasteiger partial charge in [0.2, 0.25) is 10.0 Å². The fourth-order valence-electron chi connectivity index (χ4n) is 3.27. The number of nitriles is 1. The first-order chi connectivity index (χ1) is 15.9. The van der Waals surface area contributed by atoms with E-state index in [1.807, 2.05) is 36.4 Å². The van der Waals surface area contributed by atoms with Crippen molar-refractivity contribution >= 4 is 27.6 Å². The Bertz CT molecular complexity index is 1290. The molecule has 0 atom stereocenters. The summed E-state index contributed by atoms with van der Waals surface area (Å²) in [6.45, 7) is 4.28. The molecule has 3 aromatic rings. The monoisotopic (exact) mass is 460 g/mol. The van der Waals surface area contributed by atoms with Gasteiger partial charge in [-0.25, -0.2) is 13.2 Å². The van der Waals surface area contributed by atoms with Gasteiger partial charge in [0.25, 0.3) is 0 Å². The van der Waals surface area contributed by atoms with Crippen LogP contribution < -0.4 is 4.74 Å². The summed E-state index contributed by atoms with van der Waals surface area (Å²) in [6.07, 6.45) is 1.72. The lowest BCUT2D eigenvalue weighted by molar-refractivity contribution is 0.0734. The van der Waals surface area contributed by atoms with Gasteiger partial charge in [-0.3, -0.25) is 0 Å². The van der Waals surface area contributed by atoms with Crippen molar-refractivity contribution in [1.82, 2.24) is 4.31 Å². The number of ether oxygens (including phenoxy) is 1. The molecule has 0 fully saturated rings. The van der Waals surface area contributed by atoms with Gasteiger partial charge in [0.1, 0.15) is 5.75 Å². The number of esters is 1. The van der Waals surface area contributed by atoms with Crippen molar-refractivity contribution < 1.29 is 17.9 Å². The van der Waals surface area contributed by atoms with Crippen LogP contribution in [0, 0.1) is 11.3 Å². The molecule has 6 nitrogen and oxygen atoms in total. The van der Waals surface area contributed by atoms with E-state index in [4.69, 9.17) is 4.74 Å². The van der Waals surface area contributed by atoms with Crippen LogP contribution in [0.5, 0.6) is 5.75 Å². The lowest BCUT2D eigenvalue weighted by Gasteiger charge is -2.18. The maximum Gasteiger partial charge on any atom is 0.343 e. The Morgan fingerprint density at radius 3 is 2.21 bits per heavy atom. The first-order valence-electron chi connectivity index (χ1n) is 10.5. The van der Waals surface area contributed by atoms with Crippen LogP contribution in [0.2, 0.25) is 0 Å². The van der Waals surface area contributed by atoms with Crippen LogP contribution in [0.15, 0.2) is 83.8 Å². The normalized spacial score (nSPS) is 11.8. The number of benzene rings is 3. The summed E-state index contributed by atoms with van der Waals surface area (Å²) in [5, 5.41) is 9.50. The highest BCUT2D eigenvalue weighted by atomic mass is 32.2. The lowest BCUT2D eigenvalue weighted by atomic mass is 10.0. The second kappa shape index (κ2) is 10.7. The topological polar surface area (TPSA) is 87.5 Å². The van der Waals surface area contributed by atoms with Crippen molar-refractivity contribution in [3.63, 3.8) is 0 Å². The number of sulfonamides is 1. The molecule has 0 unspecified atom stereocenters. The standard InChI is InChI=1S/C26H24N2O4S/c1-3-28(4-2)33(30,31)25-15-13-22(14-16-25)26(29)32-24-12-8-9-20(18-24)17-23(19-27)21-10-6-5-7-11-21/h5-18H,3-4H2,1-2H3/b23-17-. The Kier molecular flexibility index (Phi) is 7.78. The maximum atomic E-state index is 12.6. The molecule has 33 heavy (non-hydrogen) atoms. The molecular formula is C26H24N2O4S. The first kappa shape index (κ1) is 23.9. The van der Waals surface area contributed by atoms with Gasteiger partial charge in [-0.05, 0) is 53.6 Å². The molecule has 0 aliphatic heterocycles. The summed E-state index contributed by atoms with van der Waals surface area (Å²) in [5.74, 6) is -0.287. The third-order valence-electron chi connectivity index (χ3n) is 5.02. The number of allylic oxidation sites excluding steroid dienone is 1. The quantitative estimate of drug-likeness (QED) is 0.204. The Morgan fingerprint density at radius 2 is 1.61 bits per heavy atom. The lowest BCUT2D eigenvalue weighted by Crippen LogP contribution is -2.30. The molecule has 0 N–H and O–H groups in total. The highest BCUT2D eigenvalue weighted by molar-refractivity contribution is 7.89. The van der Waals surface area contributed by atoms with Crippen molar-refractivity contribution in [1.29, 1.82) is 5.26 Å². The molecule has 3 rings (SSSR count). The van der Waals surface area contributed by atoms with Crippen LogP contribution in [0.3, 0.4) is 0 Å². The third kappa shape index (κ3) is 5.75. The van der Waals surface area contributed by atoms with E-state index in [2.05, 4.69) is 6.07 Å². The summed E-state index contributed by atoms with van der Waals surface area (Å²) in [6, 6.07) is 24.0. The van der Waals surface area contributed by atoms with Crippen molar-refractivity contribution in [2.24, 2.45) is 0 Å². The summed E-state index contributed by atoms with van der Waals surface area (Å²) in [7, 11) is -3.60. The van der Waals surface area contributed by atoms with Gasteiger partial charge in [0, 0.05) is 13.1 Å². The molecule has 7 heteroatoms. The Hall–Kier alpha value is -3.73. The van der Waals surface area contributed by atoms with Crippen molar-refractivity contribution in [3.05, 3.63) is 95.6 Å². The average molecular weight is 461 g/mol. The number of rotatable bonds is 8. The molecule has 0 spiro atoms. The van der Waals surface area contributed by atoms with E-state index >= 15 is 0 Å². The highest BCUT2D eigenvalue weighted by Gasteiger charge is 2.22. The molecule has 168 valence electrons. The largest absolute Gasteiger partial charge is 0.423 e. The molecule has 3 aromatic carbocycles. The van der Waals surface area contributed by atoms with E-state index in [-0.39, 0.29) is 10.5 Å². The van der Waals surface area contributed by atoms with Gasteiger partial charge in [0.05, 0.1) is 22.1 Å². The summed E-state index contributed by atoms with van der Waals surface area (Å²) in [4.78, 5) is 12.7. The SMILES string of the molecule is CCN(CC)S(=O)(=O)c1ccc(C(=O)Oc2cccc(/C=C(/C#N)c3ccccc3)c2)cc1. The van der Waals surface area contributed by atoms with Crippen molar-refractivity contribution in [2.45, 2.75) is 18.7 Å². The predicted molar refractivity (Wildman–Crippen MR) is 128 cm³/mol. The van der Waals surface area contributed by atoms with E-state index < -0.39 is 16.0 Å². The minimum atomic E-state index is -3.60. The zero-order valence-corrected chi connectivity index (χ0v) is 19.2. The van der Waals surface area contributed by atoms with Gasteiger partial charge in [0.15, 0.2) is 0 Å². The van der Waals surface area contributed by atoms with Gasteiger partial charge < -0.3 is 4.74 Å². The zero-order chi connectivity index (χ0) is 23.8. The number of nitrogens with zero attached hydrogens (tertiary/aromatic N) is 2. The van der Waals surface area contributed by atoms with E-state index in [9.17, 15) is 18.5 Å². The van der Waals surface area contributed by atoms with Gasteiger partial charge >= 0.3 is 5.97 Å². The van der Waals surface area contributed by atoms with Gasteiger partial charge in [-0.2, -0.15) is 9.57 Å². The molecular weight excluding hydrogens is 436 g/mol. The Balaban J connectivity index is 1.78. The molecule has 0 heterocycles. The molecule has 0 aromatic heterocycles. The second-order valence-electron chi connectivity index (χ2n) is 7.11. The maximum absolute atomic E-state index is 12.6. The average Bonchev–Trinajstić information content (AvgIpc) is 2.84. The minimum absolute atomic E-state index is 0.125.